The molecular formula is C14H19N3O3. The molecule has 1 N–H and O–H groups in total. The number of nitrogens with zero attached hydrogens (tertiary/aromatic N) is 2. The van der Waals surface area contributed by atoms with Crippen LogP contribution in [0.15, 0.2) is 18.2 Å². The maximum atomic E-state index is 12.1. The van der Waals surface area contributed by atoms with Gasteiger partial charge in [0.05, 0.1) is 25.9 Å². The smallest absolute Gasteiger partial charge is 0.243 e. The van der Waals surface area contributed by atoms with Gasteiger partial charge in [-0.25, -0.2) is 4.98 Å². The average Bonchev–Trinajstić information content (AvgIpc) is 2.43. The molecule has 1 fully saturated rings. The molecule has 1 aromatic rings. The largest absolute Gasteiger partial charge is 0.481 e. The monoisotopic (exact) mass is 277 g/mol. The van der Waals surface area contributed by atoms with E-state index in [0.717, 1.165) is 0 Å². The van der Waals surface area contributed by atoms with Gasteiger partial charge >= 0.3 is 0 Å². The van der Waals surface area contributed by atoms with Gasteiger partial charge < -0.3 is 15.0 Å². The highest BCUT2D eigenvalue weighted by Gasteiger charge is 2.36. The van der Waals surface area contributed by atoms with E-state index in [1.807, 2.05) is 26.0 Å². The number of nitrogens with one attached hydrogen (secondary N) is 1. The summed E-state index contributed by atoms with van der Waals surface area (Å²) < 4.78 is 5.07. The molecule has 2 amide bonds. The van der Waals surface area contributed by atoms with Crippen molar-refractivity contribution < 1.29 is 14.3 Å². The van der Waals surface area contributed by atoms with Crippen molar-refractivity contribution in [2.24, 2.45) is 5.92 Å². The van der Waals surface area contributed by atoms with E-state index in [9.17, 15) is 9.59 Å². The highest BCUT2D eigenvalue weighted by atomic mass is 16.5. The lowest BCUT2D eigenvalue weighted by atomic mass is 9.99. The number of rotatable bonds is 4. The summed E-state index contributed by atoms with van der Waals surface area (Å²) in [6, 6.07) is 4.93. The number of hydrogen-bond donors (Lipinski definition) is 1. The fourth-order valence-electron chi connectivity index (χ4n) is 2.35. The molecule has 2 rings (SSSR count). The van der Waals surface area contributed by atoms with E-state index >= 15 is 0 Å². The maximum Gasteiger partial charge on any atom is 0.243 e. The summed E-state index contributed by atoms with van der Waals surface area (Å²) in [7, 11) is 1.54. The Kier molecular flexibility index (Phi) is 4.22. The topological polar surface area (TPSA) is 71.5 Å². The predicted molar refractivity (Wildman–Crippen MR) is 73.0 cm³/mol. The van der Waals surface area contributed by atoms with Crippen LogP contribution in [0.5, 0.6) is 5.88 Å². The Labute approximate surface area is 118 Å². The summed E-state index contributed by atoms with van der Waals surface area (Å²) in [5.74, 6) is 0.345. The summed E-state index contributed by atoms with van der Waals surface area (Å²) in [6.07, 6.45) is 0. The first-order valence-electron chi connectivity index (χ1n) is 6.60. The normalized spacial score (nSPS) is 19.2. The number of methoxy groups -OCH3 is 1. The maximum absolute atomic E-state index is 12.1. The van der Waals surface area contributed by atoms with E-state index in [1.165, 1.54) is 0 Å². The summed E-state index contributed by atoms with van der Waals surface area (Å²) >= 11 is 0. The van der Waals surface area contributed by atoms with Crippen molar-refractivity contribution in [3.63, 3.8) is 0 Å². The number of ether oxygens (including phenoxy) is 1. The number of aromatic nitrogens is 1. The average molecular weight is 277 g/mol. The van der Waals surface area contributed by atoms with Crippen LogP contribution in [-0.4, -0.2) is 41.4 Å². The van der Waals surface area contributed by atoms with Crippen LogP contribution in [0.25, 0.3) is 0 Å². The summed E-state index contributed by atoms with van der Waals surface area (Å²) in [6.45, 7) is 4.21. The Balaban J connectivity index is 2.23. The summed E-state index contributed by atoms with van der Waals surface area (Å²) in [4.78, 5) is 29.9. The molecule has 2 heterocycles. The molecule has 20 heavy (non-hydrogen) atoms. The Bertz CT molecular complexity index is 516. The molecule has 0 bridgehead atoms. The van der Waals surface area contributed by atoms with E-state index in [2.05, 4.69) is 10.3 Å². The van der Waals surface area contributed by atoms with E-state index in [4.69, 9.17) is 4.74 Å². The molecule has 0 aliphatic carbocycles. The lowest BCUT2D eigenvalue weighted by Gasteiger charge is -2.36. The molecule has 0 saturated carbocycles. The van der Waals surface area contributed by atoms with Crippen LogP contribution < -0.4 is 10.1 Å². The molecule has 6 nitrogen and oxygen atoms in total. The second-order valence-corrected chi connectivity index (χ2v) is 5.10. The van der Waals surface area contributed by atoms with Gasteiger partial charge in [-0.3, -0.25) is 9.59 Å². The minimum absolute atomic E-state index is 0.0462. The summed E-state index contributed by atoms with van der Waals surface area (Å²) in [5.41, 5.74) is 0.707. The number of pyridine rings is 1. The van der Waals surface area contributed by atoms with Crippen LogP contribution in [0, 0.1) is 5.92 Å². The number of hydrogen-bond acceptors (Lipinski definition) is 4. The minimum atomic E-state index is -0.454. The number of carbonyl (C=O) groups is 2. The second-order valence-electron chi connectivity index (χ2n) is 5.10. The second kappa shape index (κ2) is 5.90. The van der Waals surface area contributed by atoms with E-state index in [0.29, 0.717) is 18.1 Å². The molecule has 1 aliphatic heterocycles. The molecule has 1 unspecified atom stereocenters. The van der Waals surface area contributed by atoms with Gasteiger partial charge in [0.2, 0.25) is 17.7 Å². The predicted octanol–water partition coefficient (Wildman–Crippen LogP) is 0.573. The van der Waals surface area contributed by atoms with Gasteiger partial charge in [-0.1, -0.05) is 19.9 Å². The first-order valence-corrected chi connectivity index (χ1v) is 6.60. The minimum Gasteiger partial charge on any atom is -0.481 e. The van der Waals surface area contributed by atoms with Gasteiger partial charge in [0.25, 0.3) is 0 Å². The number of amides is 2. The Morgan fingerprint density at radius 2 is 2.20 bits per heavy atom. The van der Waals surface area contributed by atoms with Crippen molar-refractivity contribution in [2.75, 3.05) is 13.7 Å². The first-order chi connectivity index (χ1) is 9.52. The lowest BCUT2D eigenvalue weighted by Crippen LogP contribution is -2.59. The molecule has 1 saturated heterocycles. The third-order valence-electron chi connectivity index (χ3n) is 3.29. The fraction of sp³-hybridized carbons (Fsp3) is 0.500. The molecule has 1 aliphatic rings. The third kappa shape index (κ3) is 2.89. The van der Waals surface area contributed by atoms with Gasteiger partial charge in [-0.05, 0) is 12.0 Å². The standard InChI is InChI=1S/C14H19N3O3/c1-9(2)13-14(19)15-7-12(18)17(13)8-10-5-4-6-11(16-10)20-3/h4-6,9,13H,7-8H2,1-3H3,(H,15,19). The molecule has 1 aromatic heterocycles. The first kappa shape index (κ1) is 14.3. The van der Waals surface area contributed by atoms with Crippen LogP contribution in [0.3, 0.4) is 0 Å². The van der Waals surface area contributed by atoms with Crippen LogP contribution in [-0.2, 0) is 16.1 Å². The Morgan fingerprint density at radius 1 is 1.45 bits per heavy atom. The zero-order chi connectivity index (χ0) is 14.7. The number of piperazine rings is 1. The van der Waals surface area contributed by atoms with Gasteiger partial charge in [0.1, 0.15) is 6.04 Å². The van der Waals surface area contributed by atoms with Crippen molar-refractivity contribution in [2.45, 2.75) is 26.4 Å². The molecule has 6 heteroatoms. The van der Waals surface area contributed by atoms with Gasteiger partial charge in [-0.15, -0.1) is 0 Å². The molecule has 0 spiro atoms. The Morgan fingerprint density at radius 3 is 2.85 bits per heavy atom. The lowest BCUT2D eigenvalue weighted by molar-refractivity contribution is -0.148. The van der Waals surface area contributed by atoms with Gasteiger partial charge in [0.15, 0.2) is 0 Å². The number of carbonyl (C=O) groups excluding carboxylic acids is 2. The van der Waals surface area contributed by atoms with Crippen molar-refractivity contribution in [3.05, 3.63) is 23.9 Å². The van der Waals surface area contributed by atoms with Crippen molar-refractivity contribution >= 4 is 11.8 Å². The highest BCUT2D eigenvalue weighted by molar-refractivity contribution is 5.94. The summed E-state index contributed by atoms with van der Waals surface area (Å²) in [5, 5.41) is 2.63. The zero-order valence-corrected chi connectivity index (χ0v) is 11.9. The van der Waals surface area contributed by atoms with E-state index in [-0.39, 0.29) is 24.3 Å². The van der Waals surface area contributed by atoms with E-state index < -0.39 is 6.04 Å². The van der Waals surface area contributed by atoms with Crippen molar-refractivity contribution in [3.8, 4) is 5.88 Å². The van der Waals surface area contributed by atoms with Gasteiger partial charge in [0, 0.05) is 6.07 Å². The quantitative estimate of drug-likeness (QED) is 0.873. The molecular weight excluding hydrogens is 258 g/mol. The molecule has 0 aromatic carbocycles. The van der Waals surface area contributed by atoms with Crippen LogP contribution in [0.1, 0.15) is 19.5 Å². The third-order valence-corrected chi connectivity index (χ3v) is 3.29. The van der Waals surface area contributed by atoms with Gasteiger partial charge in [-0.2, -0.15) is 0 Å². The fourth-order valence-corrected chi connectivity index (χ4v) is 2.35. The molecule has 0 radical (unpaired) electrons. The Hall–Kier alpha value is -2.11. The highest BCUT2D eigenvalue weighted by Crippen LogP contribution is 2.18. The van der Waals surface area contributed by atoms with Crippen molar-refractivity contribution in [1.29, 1.82) is 0 Å². The van der Waals surface area contributed by atoms with Crippen LogP contribution in [0.4, 0.5) is 0 Å². The van der Waals surface area contributed by atoms with Crippen LogP contribution in [0.2, 0.25) is 0 Å². The van der Waals surface area contributed by atoms with E-state index in [1.54, 1.807) is 18.1 Å². The molecule has 108 valence electrons. The van der Waals surface area contributed by atoms with Crippen molar-refractivity contribution in [1.82, 2.24) is 15.2 Å². The van der Waals surface area contributed by atoms with Crippen LogP contribution >= 0.6 is 0 Å². The zero-order valence-electron chi connectivity index (χ0n) is 11.9. The molecule has 1 atom stereocenters. The SMILES string of the molecule is COc1cccc(CN2C(=O)CNC(=O)C2C(C)C)n1.